The zero-order chi connectivity index (χ0) is 19.2. The van der Waals surface area contributed by atoms with E-state index in [0.717, 1.165) is 16.9 Å². The highest BCUT2D eigenvalue weighted by Crippen LogP contribution is 2.42. The number of nitrogens with one attached hydrogen (secondary N) is 1. The number of nitrogens with zero attached hydrogens (tertiary/aromatic N) is 1. The van der Waals surface area contributed by atoms with Gasteiger partial charge in [0.2, 0.25) is 11.8 Å². The van der Waals surface area contributed by atoms with E-state index in [4.69, 9.17) is 4.74 Å². The summed E-state index contributed by atoms with van der Waals surface area (Å²) in [6, 6.07) is 13.6. The van der Waals surface area contributed by atoms with Crippen molar-refractivity contribution in [2.75, 3.05) is 19.4 Å². The second-order valence-electron chi connectivity index (χ2n) is 6.15. The van der Waals surface area contributed by atoms with Gasteiger partial charge >= 0.3 is 0 Å². The van der Waals surface area contributed by atoms with Crippen molar-refractivity contribution in [3.05, 3.63) is 65.5 Å². The van der Waals surface area contributed by atoms with Crippen LogP contribution in [0.1, 0.15) is 22.9 Å². The fourth-order valence-corrected chi connectivity index (χ4v) is 4.18. The fourth-order valence-electron chi connectivity index (χ4n) is 2.94. The Bertz CT molecular complexity index is 813. The molecule has 1 aliphatic heterocycles. The summed E-state index contributed by atoms with van der Waals surface area (Å²) in [7, 11) is 1.60. The van der Waals surface area contributed by atoms with E-state index in [-0.39, 0.29) is 29.4 Å². The van der Waals surface area contributed by atoms with Gasteiger partial charge in [0.15, 0.2) is 0 Å². The van der Waals surface area contributed by atoms with Crippen LogP contribution in [0.25, 0.3) is 0 Å². The third kappa shape index (κ3) is 4.80. The van der Waals surface area contributed by atoms with Gasteiger partial charge in [0, 0.05) is 25.1 Å². The van der Waals surface area contributed by atoms with Crippen LogP contribution in [-0.4, -0.2) is 36.1 Å². The summed E-state index contributed by atoms with van der Waals surface area (Å²) in [5, 5.41) is 2.65. The van der Waals surface area contributed by atoms with Gasteiger partial charge in [-0.05, 0) is 23.8 Å². The van der Waals surface area contributed by atoms with Gasteiger partial charge in [0.25, 0.3) is 0 Å². The predicted molar refractivity (Wildman–Crippen MR) is 103 cm³/mol. The van der Waals surface area contributed by atoms with Crippen molar-refractivity contribution >= 4 is 23.6 Å². The van der Waals surface area contributed by atoms with E-state index < -0.39 is 0 Å². The summed E-state index contributed by atoms with van der Waals surface area (Å²) >= 11 is 1.53. The summed E-state index contributed by atoms with van der Waals surface area (Å²) in [6.45, 7) is 0.668. The van der Waals surface area contributed by atoms with E-state index >= 15 is 0 Å². The summed E-state index contributed by atoms with van der Waals surface area (Å²) in [5.41, 5.74) is 1.76. The number of carbonyl (C=O) groups is 2. The molecule has 0 radical (unpaired) electrons. The standard InChI is InChI=1S/C20H21FN2O3S/c1-26-17-5-3-2-4-16(17)20-23(19(25)13-27-20)11-10-18(24)22-12-14-6-8-15(21)9-7-14/h2-9,20H,10-13H2,1H3,(H,22,24). The molecule has 0 aliphatic carbocycles. The normalized spacial score (nSPS) is 16.4. The zero-order valence-electron chi connectivity index (χ0n) is 15.0. The Labute approximate surface area is 161 Å². The van der Waals surface area contributed by atoms with Crippen LogP contribution >= 0.6 is 11.8 Å². The van der Waals surface area contributed by atoms with Crippen molar-refractivity contribution in [1.82, 2.24) is 10.2 Å². The number of para-hydroxylation sites is 1. The number of amides is 2. The Morgan fingerprint density at radius 3 is 2.74 bits per heavy atom. The van der Waals surface area contributed by atoms with E-state index in [1.165, 1.54) is 23.9 Å². The minimum atomic E-state index is -0.308. The molecule has 3 rings (SSSR count). The lowest BCUT2D eigenvalue weighted by atomic mass is 10.1. The first-order chi connectivity index (χ1) is 13.1. The molecular formula is C20H21FN2O3S. The molecule has 1 unspecified atom stereocenters. The molecule has 0 spiro atoms. The van der Waals surface area contributed by atoms with Crippen LogP contribution in [0.4, 0.5) is 4.39 Å². The number of carbonyl (C=O) groups excluding carboxylic acids is 2. The van der Waals surface area contributed by atoms with Gasteiger partial charge in [0.05, 0.1) is 12.9 Å². The van der Waals surface area contributed by atoms with Crippen LogP contribution in [0, 0.1) is 5.82 Å². The van der Waals surface area contributed by atoms with Gasteiger partial charge < -0.3 is 15.0 Å². The average molecular weight is 388 g/mol. The maximum Gasteiger partial charge on any atom is 0.233 e. The molecule has 1 fully saturated rings. The summed E-state index contributed by atoms with van der Waals surface area (Å²) in [5.74, 6) is 0.679. The van der Waals surface area contributed by atoms with Crippen LogP contribution in [0.15, 0.2) is 48.5 Å². The van der Waals surface area contributed by atoms with Gasteiger partial charge in [-0.2, -0.15) is 0 Å². The maximum atomic E-state index is 12.9. The van der Waals surface area contributed by atoms with Crippen LogP contribution in [0.5, 0.6) is 5.75 Å². The minimum absolute atomic E-state index is 0.0160. The van der Waals surface area contributed by atoms with Crippen LogP contribution in [0.2, 0.25) is 0 Å². The molecule has 0 aromatic heterocycles. The third-order valence-corrected chi connectivity index (χ3v) is 5.59. The molecule has 1 N–H and O–H groups in total. The molecule has 0 bridgehead atoms. The number of hydrogen-bond acceptors (Lipinski definition) is 4. The Hall–Kier alpha value is -2.54. The molecule has 7 heteroatoms. The number of halogens is 1. The van der Waals surface area contributed by atoms with Gasteiger partial charge in [-0.1, -0.05) is 30.3 Å². The van der Waals surface area contributed by atoms with Crippen LogP contribution in [-0.2, 0) is 16.1 Å². The number of ether oxygens (including phenoxy) is 1. The Balaban J connectivity index is 1.57. The van der Waals surface area contributed by atoms with E-state index in [1.54, 1.807) is 24.1 Å². The quantitative estimate of drug-likeness (QED) is 0.792. The Morgan fingerprint density at radius 1 is 1.26 bits per heavy atom. The largest absolute Gasteiger partial charge is 0.496 e. The third-order valence-electron chi connectivity index (χ3n) is 4.36. The highest BCUT2D eigenvalue weighted by Gasteiger charge is 2.34. The first-order valence-corrected chi connectivity index (χ1v) is 9.68. The monoisotopic (exact) mass is 388 g/mol. The minimum Gasteiger partial charge on any atom is -0.496 e. The molecule has 1 atom stereocenters. The van der Waals surface area contributed by atoms with E-state index in [9.17, 15) is 14.0 Å². The number of benzene rings is 2. The molecule has 27 heavy (non-hydrogen) atoms. The van der Waals surface area contributed by atoms with Crippen molar-refractivity contribution in [1.29, 1.82) is 0 Å². The molecular weight excluding hydrogens is 367 g/mol. The first kappa shape index (κ1) is 19.2. The van der Waals surface area contributed by atoms with Gasteiger partial charge in [-0.3, -0.25) is 9.59 Å². The first-order valence-electron chi connectivity index (χ1n) is 8.63. The van der Waals surface area contributed by atoms with E-state index in [0.29, 0.717) is 18.8 Å². The zero-order valence-corrected chi connectivity index (χ0v) is 15.8. The molecule has 2 amide bonds. The highest BCUT2D eigenvalue weighted by atomic mass is 32.2. The van der Waals surface area contributed by atoms with Gasteiger partial charge in [-0.15, -0.1) is 11.8 Å². The van der Waals surface area contributed by atoms with Crippen molar-refractivity contribution in [3.63, 3.8) is 0 Å². The maximum absolute atomic E-state index is 12.9. The second kappa shape index (κ2) is 8.90. The number of methoxy groups -OCH3 is 1. The van der Waals surface area contributed by atoms with Crippen molar-refractivity contribution in [2.45, 2.75) is 18.3 Å². The molecule has 0 saturated carbocycles. The van der Waals surface area contributed by atoms with Gasteiger partial charge in [0.1, 0.15) is 16.9 Å². The number of thioether (sulfide) groups is 1. The summed E-state index contributed by atoms with van der Waals surface area (Å²) < 4.78 is 18.3. The lowest BCUT2D eigenvalue weighted by Crippen LogP contribution is -2.33. The number of rotatable bonds is 7. The lowest BCUT2D eigenvalue weighted by molar-refractivity contribution is -0.129. The van der Waals surface area contributed by atoms with E-state index in [1.807, 2.05) is 24.3 Å². The highest BCUT2D eigenvalue weighted by molar-refractivity contribution is 8.00. The Morgan fingerprint density at radius 2 is 2.00 bits per heavy atom. The molecule has 1 aliphatic rings. The van der Waals surface area contributed by atoms with Crippen LogP contribution in [0.3, 0.4) is 0 Å². The molecule has 142 valence electrons. The van der Waals surface area contributed by atoms with Crippen molar-refractivity contribution in [2.24, 2.45) is 0 Å². The Kier molecular flexibility index (Phi) is 6.34. The number of hydrogen-bond donors (Lipinski definition) is 1. The molecule has 2 aromatic carbocycles. The predicted octanol–water partition coefficient (Wildman–Crippen LogP) is 3.11. The van der Waals surface area contributed by atoms with E-state index in [2.05, 4.69) is 5.32 Å². The molecule has 1 saturated heterocycles. The van der Waals surface area contributed by atoms with Crippen molar-refractivity contribution in [3.8, 4) is 5.75 Å². The average Bonchev–Trinajstić information content (AvgIpc) is 3.06. The molecule has 5 nitrogen and oxygen atoms in total. The van der Waals surface area contributed by atoms with Gasteiger partial charge in [-0.25, -0.2) is 4.39 Å². The SMILES string of the molecule is COc1ccccc1C1SCC(=O)N1CCC(=O)NCc1ccc(F)cc1. The fraction of sp³-hybridized carbons (Fsp3) is 0.300. The smallest absolute Gasteiger partial charge is 0.233 e. The second-order valence-corrected chi connectivity index (χ2v) is 7.21. The molecule has 2 aromatic rings. The van der Waals surface area contributed by atoms with Crippen molar-refractivity contribution < 1.29 is 18.7 Å². The van der Waals surface area contributed by atoms with Crippen LogP contribution < -0.4 is 10.1 Å². The summed E-state index contributed by atoms with van der Waals surface area (Å²) in [6.07, 6.45) is 0.207. The summed E-state index contributed by atoms with van der Waals surface area (Å²) in [4.78, 5) is 26.2. The topological polar surface area (TPSA) is 58.6 Å². The lowest BCUT2D eigenvalue weighted by Gasteiger charge is -2.25. The molecule has 1 heterocycles.